The van der Waals surface area contributed by atoms with Crippen molar-refractivity contribution >= 4 is 23.2 Å². The SMILES string of the molecule is O=C(c1ccnc(Nc2ccc(N3CCCCC3)cc2)n1)N1CCCCC1. The van der Waals surface area contributed by atoms with Gasteiger partial charge in [-0.15, -0.1) is 0 Å². The summed E-state index contributed by atoms with van der Waals surface area (Å²) in [5.74, 6) is 0.462. The molecule has 1 aromatic heterocycles. The van der Waals surface area contributed by atoms with Crippen molar-refractivity contribution < 1.29 is 4.79 Å². The molecule has 4 rings (SSSR count). The van der Waals surface area contributed by atoms with Gasteiger partial charge in [-0.25, -0.2) is 9.97 Å². The summed E-state index contributed by atoms with van der Waals surface area (Å²) < 4.78 is 0. The van der Waals surface area contributed by atoms with Gasteiger partial charge in [0, 0.05) is 43.8 Å². The van der Waals surface area contributed by atoms with E-state index in [2.05, 4.69) is 32.3 Å². The van der Waals surface area contributed by atoms with Crippen LogP contribution in [0.4, 0.5) is 17.3 Å². The first-order valence-corrected chi connectivity index (χ1v) is 10.0. The van der Waals surface area contributed by atoms with Crippen LogP contribution in [0.5, 0.6) is 0 Å². The van der Waals surface area contributed by atoms with Crippen LogP contribution in [0.25, 0.3) is 0 Å². The molecule has 0 aliphatic carbocycles. The molecule has 2 fully saturated rings. The first-order valence-electron chi connectivity index (χ1n) is 10.0. The van der Waals surface area contributed by atoms with Gasteiger partial charge in [0.25, 0.3) is 5.91 Å². The Bertz CT molecular complexity index is 764. The standard InChI is InChI=1S/C21H27N5O/c27-20(26-15-5-2-6-16-26)19-11-12-22-21(24-19)23-17-7-9-18(10-8-17)25-13-3-1-4-14-25/h7-12H,1-6,13-16H2,(H,22,23,24). The molecule has 1 amide bonds. The molecular formula is C21H27N5O. The summed E-state index contributed by atoms with van der Waals surface area (Å²) in [6, 6.07) is 10.1. The van der Waals surface area contributed by atoms with Crippen LogP contribution in [0.2, 0.25) is 0 Å². The Balaban J connectivity index is 1.42. The van der Waals surface area contributed by atoms with E-state index in [1.54, 1.807) is 12.3 Å². The van der Waals surface area contributed by atoms with Gasteiger partial charge < -0.3 is 15.1 Å². The van der Waals surface area contributed by atoms with Crippen LogP contribution in [0.3, 0.4) is 0 Å². The minimum Gasteiger partial charge on any atom is -0.372 e. The van der Waals surface area contributed by atoms with Crippen molar-refractivity contribution in [3.63, 3.8) is 0 Å². The summed E-state index contributed by atoms with van der Waals surface area (Å²) in [5.41, 5.74) is 2.65. The minimum atomic E-state index is 0.000552. The average molecular weight is 365 g/mol. The van der Waals surface area contributed by atoms with Gasteiger partial charge in [-0.05, 0) is 68.9 Å². The number of hydrogen-bond acceptors (Lipinski definition) is 5. The van der Waals surface area contributed by atoms with E-state index in [0.29, 0.717) is 11.6 Å². The first kappa shape index (κ1) is 17.8. The van der Waals surface area contributed by atoms with Gasteiger partial charge >= 0.3 is 0 Å². The number of likely N-dealkylation sites (tertiary alicyclic amines) is 1. The van der Waals surface area contributed by atoms with Crippen LogP contribution >= 0.6 is 0 Å². The van der Waals surface area contributed by atoms with Crippen molar-refractivity contribution in [1.82, 2.24) is 14.9 Å². The summed E-state index contributed by atoms with van der Waals surface area (Å²) in [5, 5.41) is 3.22. The average Bonchev–Trinajstić information content (AvgIpc) is 2.75. The Morgan fingerprint density at radius 1 is 0.852 bits per heavy atom. The number of nitrogens with one attached hydrogen (secondary N) is 1. The lowest BCUT2D eigenvalue weighted by Crippen LogP contribution is -2.36. The van der Waals surface area contributed by atoms with Gasteiger partial charge in [0.05, 0.1) is 0 Å². The van der Waals surface area contributed by atoms with E-state index in [1.807, 2.05) is 17.0 Å². The molecule has 0 unspecified atom stereocenters. The topological polar surface area (TPSA) is 61.4 Å². The third kappa shape index (κ3) is 4.38. The Morgan fingerprint density at radius 2 is 1.52 bits per heavy atom. The number of carbonyl (C=O) groups is 1. The van der Waals surface area contributed by atoms with E-state index in [0.717, 1.165) is 44.7 Å². The van der Waals surface area contributed by atoms with Crippen molar-refractivity contribution in [2.24, 2.45) is 0 Å². The molecule has 1 aromatic carbocycles. The zero-order valence-electron chi connectivity index (χ0n) is 15.7. The number of nitrogens with zero attached hydrogens (tertiary/aromatic N) is 4. The zero-order chi connectivity index (χ0) is 18.5. The van der Waals surface area contributed by atoms with E-state index in [-0.39, 0.29) is 5.91 Å². The number of rotatable bonds is 4. The molecule has 0 spiro atoms. The van der Waals surface area contributed by atoms with Crippen LogP contribution in [0, 0.1) is 0 Å². The first-order chi connectivity index (χ1) is 13.3. The summed E-state index contributed by atoms with van der Waals surface area (Å²) >= 11 is 0. The van der Waals surface area contributed by atoms with Crippen molar-refractivity contribution in [1.29, 1.82) is 0 Å². The van der Waals surface area contributed by atoms with Gasteiger partial charge in [0.2, 0.25) is 5.95 Å². The van der Waals surface area contributed by atoms with Gasteiger partial charge in [0.15, 0.2) is 0 Å². The molecular weight excluding hydrogens is 338 g/mol. The monoisotopic (exact) mass is 365 g/mol. The maximum absolute atomic E-state index is 12.6. The highest BCUT2D eigenvalue weighted by atomic mass is 16.2. The van der Waals surface area contributed by atoms with Crippen LogP contribution < -0.4 is 10.2 Å². The largest absolute Gasteiger partial charge is 0.372 e. The molecule has 1 N–H and O–H groups in total. The molecule has 0 saturated carbocycles. The summed E-state index contributed by atoms with van der Waals surface area (Å²) in [6.07, 6.45) is 8.87. The zero-order valence-corrected chi connectivity index (χ0v) is 15.7. The maximum Gasteiger partial charge on any atom is 0.272 e. The fourth-order valence-electron chi connectivity index (χ4n) is 3.83. The van der Waals surface area contributed by atoms with E-state index in [1.165, 1.54) is 31.4 Å². The third-order valence-corrected chi connectivity index (χ3v) is 5.36. The second kappa shape index (κ2) is 8.37. The number of benzene rings is 1. The van der Waals surface area contributed by atoms with E-state index in [4.69, 9.17) is 0 Å². The highest BCUT2D eigenvalue weighted by molar-refractivity contribution is 5.92. The van der Waals surface area contributed by atoms with Gasteiger partial charge in [-0.1, -0.05) is 0 Å². The summed E-state index contributed by atoms with van der Waals surface area (Å²) in [7, 11) is 0. The highest BCUT2D eigenvalue weighted by Crippen LogP contribution is 2.23. The number of hydrogen-bond donors (Lipinski definition) is 1. The number of carbonyl (C=O) groups excluding carboxylic acids is 1. The predicted octanol–water partition coefficient (Wildman–Crippen LogP) is 3.84. The summed E-state index contributed by atoms with van der Waals surface area (Å²) in [6.45, 7) is 3.92. The quantitative estimate of drug-likeness (QED) is 0.892. The molecule has 2 saturated heterocycles. The van der Waals surface area contributed by atoms with Gasteiger partial charge in [-0.3, -0.25) is 4.79 Å². The maximum atomic E-state index is 12.6. The molecule has 2 aliphatic heterocycles. The van der Waals surface area contributed by atoms with E-state index >= 15 is 0 Å². The molecule has 3 heterocycles. The molecule has 142 valence electrons. The Kier molecular flexibility index (Phi) is 5.51. The smallest absolute Gasteiger partial charge is 0.272 e. The molecule has 6 nitrogen and oxygen atoms in total. The molecule has 6 heteroatoms. The van der Waals surface area contributed by atoms with Crippen LogP contribution in [-0.2, 0) is 0 Å². The lowest BCUT2D eigenvalue weighted by atomic mass is 10.1. The van der Waals surface area contributed by atoms with Crippen LogP contribution in [-0.4, -0.2) is 47.0 Å². The molecule has 0 atom stereocenters. The molecule has 27 heavy (non-hydrogen) atoms. The number of aromatic nitrogens is 2. The van der Waals surface area contributed by atoms with Crippen molar-refractivity contribution in [2.75, 3.05) is 36.4 Å². The lowest BCUT2D eigenvalue weighted by Gasteiger charge is -2.28. The normalized spacial score (nSPS) is 17.6. The lowest BCUT2D eigenvalue weighted by molar-refractivity contribution is 0.0718. The molecule has 0 bridgehead atoms. The molecule has 0 radical (unpaired) electrons. The fourth-order valence-corrected chi connectivity index (χ4v) is 3.83. The fraction of sp³-hybridized carbons (Fsp3) is 0.476. The van der Waals surface area contributed by atoms with Crippen LogP contribution in [0.15, 0.2) is 36.5 Å². The number of amides is 1. The minimum absolute atomic E-state index is 0.000552. The Hall–Kier alpha value is -2.63. The van der Waals surface area contributed by atoms with Crippen LogP contribution in [0.1, 0.15) is 49.0 Å². The van der Waals surface area contributed by atoms with E-state index < -0.39 is 0 Å². The van der Waals surface area contributed by atoms with E-state index in [9.17, 15) is 4.79 Å². The Morgan fingerprint density at radius 3 is 2.22 bits per heavy atom. The second-order valence-electron chi connectivity index (χ2n) is 7.34. The molecule has 2 aromatic rings. The number of anilines is 3. The predicted molar refractivity (Wildman–Crippen MR) is 108 cm³/mol. The van der Waals surface area contributed by atoms with Crippen molar-refractivity contribution in [3.05, 3.63) is 42.2 Å². The highest BCUT2D eigenvalue weighted by Gasteiger charge is 2.19. The Labute approximate surface area is 160 Å². The third-order valence-electron chi connectivity index (χ3n) is 5.36. The second-order valence-corrected chi connectivity index (χ2v) is 7.34. The number of piperidine rings is 2. The van der Waals surface area contributed by atoms with Crippen molar-refractivity contribution in [2.45, 2.75) is 38.5 Å². The van der Waals surface area contributed by atoms with Crippen molar-refractivity contribution in [3.8, 4) is 0 Å². The molecule has 2 aliphatic rings. The van der Waals surface area contributed by atoms with Gasteiger partial charge in [0.1, 0.15) is 5.69 Å². The van der Waals surface area contributed by atoms with Gasteiger partial charge in [-0.2, -0.15) is 0 Å². The summed E-state index contributed by atoms with van der Waals surface area (Å²) in [4.78, 5) is 25.7.